The monoisotopic (exact) mass is 566 g/mol. The lowest BCUT2D eigenvalue weighted by atomic mass is 10.3. The van der Waals surface area contributed by atoms with E-state index in [0.29, 0.717) is 6.61 Å². The van der Waals surface area contributed by atoms with Gasteiger partial charge in [-0.3, -0.25) is 9.13 Å². The highest BCUT2D eigenvalue weighted by atomic mass is 31.2. The van der Waals surface area contributed by atoms with Crippen LogP contribution in [0.2, 0.25) is 0 Å². The Bertz CT molecular complexity index is 694. The van der Waals surface area contributed by atoms with E-state index in [1.54, 1.807) is 6.92 Å². The first-order chi connectivity index (χ1) is 16.3. The molecule has 0 aliphatic heterocycles. The fourth-order valence-corrected chi connectivity index (χ4v) is 3.35. The molecule has 0 aromatic rings. The molecular weight excluding hydrogens is 522 g/mol. The molecule has 0 amide bonds. The number of carboxylic acid groups (broad SMARTS) is 1. The Hall–Kier alpha value is -1.40. The van der Waals surface area contributed by atoms with Crippen LogP contribution in [0.25, 0.3) is 0 Å². The molecule has 0 aliphatic carbocycles. The van der Waals surface area contributed by atoms with Gasteiger partial charge in [-0.25, -0.2) is 9.59 Å². The zero-order chi connectivity index (χ0) is 27.9. The van der Waals surface area contributed by atoms with Crippen LogP contribution in [0.3, 0.4) is 0 Å². The summed E-state index contributed by atoms with van der Waals surface area (Å²) in [7, 11) is -0.944. The van der Waals surface area contributed by atoms with Crippen molar-refractivity contribution < 1.29 is 61.6 Å². The van der Waals surface area contributed by atoms with Crippen molar-refractivity contribution in [2.75, 3.05) is 73.8 Å². The highest BCUT2D eigenvalue weighted by Gasteiger charge is 2.21. The molecule has 0 bridgehead atoms. The van der Waals surface area contributed by atoms with Gasteiger partial charge < -0.3 is 42.9 Å². The molecule has 0 radical (unpaired) electrons. The van der Waals surface area contributed by atoms with Crippen molar-refractivity contribution >= 4 is 27.1 Å². The molecule has 0 atom stereocenters. The van der Waals surface area contributed by atoms with E-state index in [1.807, 2.05) is 0 Å². The molecule has 0 fully saturated rings. The Balaban J connectivity index is -0.000000251. The third-order valence-electron chi connectivity index (χ3n) is 3.55. The van der Waals surface area contributed by atoms with Crippen LogP contribution in [0.4, 0.5) is 0 Å². The van der Waals surface area contributed by atoms with E-state index in [-0.39, 0.29) is 55.4 Å². The van der Waals surface area contributed by atoms with E-state index in [2.05, 4.69) is 36.1 Å². The van der Waals surface area contributed by atoms with E-state index >= 15 is 0 Å². The van der Waals surface area contributed by atoms with E-state index in [1.165, 1.54) is 34.9 Å². The maximum Gasteiger partial charge on any atom is 0.335 e. The van der Waals surface area contributed by atoms with Gasteiger partial charge in [-0.1, -0.05) is 33.4 Å². The molecule has 0 spiro atoms. The number of carbonyl (C=O) groups excluding carboxylic acids is 1. The standard InChI is InChI=1S/C10H19O6P.C8H15O6P.C3H8.H2O/c1-5-16-10(11)9(2)8-15-6-7-17(12,13-3)14-4;1-7(8(9)10)6-14-4-5-15(11,12-2)13-3;1-3-2;/h2,5-8H2,1,3-4H3;1,4-6H2,2-3H3,(H,9,10);3H2,1-2H3;1H2. The Morgan fingerprint density at radius 1 is 0.750 bits per heavy atom. The minimum Gasteiger partial charge on any atom is -0.478 e. The average molecular weight is 567 g/mol. The first-order valence-electron chi connectivity index (χ1n) is 10.7. The number of carbonyl (C=O) groups is 2. The number of hydrogen-bond acceptors (Lipinski definition) is 11. The van der Waals surface area contributed by atoms with Gasteiger partial charge in [-0.05, 0) is 6.92 Å². The average Bonchev–Trinajstić information content (AvgIpc) is 2.84. The summed E-state index contributed by atoms with van der Waals surface area (Å²) in [4.78, 5) is 21.5. The number of hydrogen-bond donors (Lipinski definition) is 1. The molecule has 0 heterocycles. The van der Waals surface area contributed by atoms with Crippen molar-refractivity contribution in [2.24, 2.45) is 0 Å². The lowest BCUT2D eigenvalue weighted by Gasteiger charge is -2.13. The number of carboxylic acids is 1. The first-order valence-corrected chi connectivity index (χ1v) is 14.1. The summed E-state index contributed by atoms with van der Waals surface area (Å²) in [6, 6.07) is 0. The smallest absolute Gasteiger partial charge is 0.335 e. The van der Waals surface area contributed by atoms with Gasteiger partial charge in [0.25, 0.3) is 0 Å². The third kappa shape index (κ3) is 23.0. The lowest BCUT2D eigenvalue weighted by molar-refractivity contribution is -0.139. The van der Waals surface area contributed by atoms with Gasteiger partial charge in [0.15, 0.2) is 0 Å². The van der Waals surface area contributed by atoms with Crippen LogP contribution in [0.1, 0.15) is 27.2 Å². The first kappa shape index (κ1) is 41.7. The van der Waals surface area contributed by atoms with E-state index in [0.717, 1.165) is 0 Å². The van der Waals surface area contributed by atoms with Crippen LogP contribution in [-0.2, 0) is 51.0 Å². The van der Waals surface area contributed by atoms with Crippen molar-refractivity contribution in [2.45, 2.75) is 27.2 Å². The van der Waals surface area contributed by atoms with Crippen LogP contribution in [0, 0.1) is 0 Å². The Morgan fingerprint density at radius 2 is 1.08 bits per heavy atom. The molecule has 0 unspecified atom stereocenters. The van der Waals surface area contributed by atoms with Crippen LogP contribution < -0.4 is 0 Å². The quantitative estimate of drug-likeness (QED) is 0.117. The number of esters is 1. The largest absolute Gasteiger partial charge is 0.478 e. The van der Waals surface area contributed by atoms with Crippen LogP contribution in [-0.4, -0.2) is 96.3 Å². The molecule has 0 aliphatic rings. The zero-order valence-electron chi connectivity index (χ0n) is 22.4. The van der Waals surface area contributed by atoms with Crippen LogP contribution >= 0.6 is 15.2 Å². The maximum atomic E-state index is 11.6. The molecule has 0 aromatic carbocycles. The van der Waals surface area contributed by atoms with Crippen LogP contribution in [0.5, 0.6) is 0 Å². The highest BCUT2D eigenvalue weighted by molar-refractivity contribution is 7.54. The van der Waals surface area contributed by atoms with Gasteiger partial charge >= 0.3 is 27.1 Å². The summed E-state index contributed by atoms with van der Waals surface area (Å²) in [5, 5.41) is 8.45. The van der Waals surface area contributed by atoms with Crippen molar-refractivity contribution in [1.29, 1.82) is 0 Å². The molecule has 0 saturated carbocycles. The van der Waals surface area contributed by atoms with Gasteiger partial charge in [0.05, 0.1) is 56.5 Å². The number of rotatable bonds is 17. The fourth-order valence-electron chi connectivity index (χ4n) is 1.61. The molecule has 0 aromatic heterocycles. The van der Waals surface area contributed by atoms with E-state index < -0.39 is 27.1 Å². The summed E-state index contributed by atoms with van der Waals surface area (Å²) in [5.41, 5.74) is 0.163. The number of ether oxygens (including phenoxy) is 3. The van der Waals surface area contributed by atoms with Crippen molar-refractivity contribution in [3.05, 3.63) is 24.3 Å². The zero-order valence-corrected chi connectivity index (χ0v) is 24.2. The lowest BCUT2D eigenvalue weighted by Crippen LogP contribution is -2.13. The Kier molecular flexibility index (Phi) is 29.3. The predicted octanol–water partition coefficient (Wildman–Crippen LogP) is 3.33. The summed E-state index contributed by atoms with van der Waals surface area (Å²) < 4.78 is 56.6. The summed E-state index contributed by atoms with van der Waals surface area (Å²) in [5.74, 6) is -1.61. The highest BCUT2D eigenvalue weighted by Crippen LogP contribution is 2.46. The molecule has 15 heteroatoms. The minimum atomic E-state index is -3.07. The van der Waals surface area contributed by atoms with Crippen molar-refractivity contribution in [3.63, 3.8) is 0 Å². The topological polar surface area (TPSA) is 185 Å². The Morgan fingerprint density at radius 3 is 1.36 bits per heavy atom. The van der Waals surface area contributed by atoms with Crippen molar-refractivity contribution in [1.82, 2.24) is 0 Å². The second-order valence-corrected chi connectivity index (χ2v) is 11.2. The summed E-state index contributed by atoms with van der Waals surface area (Å²) >= 11 is 0. The Labute approximate surface area is 214 Å². The molecular formula is C21H44O13P2. The molecule has 216 valence electrons. The predicted molar refractivity (Wildman–Crippen MR) is 137 cm³/mol. The van der Waals surface area contributed by atoms with Gasteiger partial charge in [-0.2, -0.15) is 0 Å². The minimum absolute atomic E-state index is 0. The van der Waals surface area contributed by atoms with E-state index in [4.69, 9.17) is 28.4 Å². The van der Waals surface area contributed by atoms with E-state index in [9.17, 15) is 18.7 Å². The van der Waals surface area contributed by atoms with Crippen molar-refractivity contribution in [3.8, 4) is 0 Å². The summed E-state index contributed by atoms with van der Waals surface area (Å²) in [6.45, 7) is 13.2. The molecule has 36 heavy (non-hydrogen) atoms. The van der Waals surface area contributed by atoms with Gasteiger partial charge in [0.2, 0.25) is 0 Å². The number of aliphatic carboxylic acids is 1. The second kappa shape index (κ2) is 25.3. The third-order valence-corrected chi connectivity index (χ3v) is 7.24. The molecule has 3 N–H and O–H groups in total. The van der Waals surface area contributed by atoms with Gasteiger partial charge in [0.1, 0.15) is 0 Å². The van der Waals surface area contributed by atoms with Crippen LogP contribution in [0.15, 0.2) is 24.3 Å². The normalized spacial score (nSPS) is 10.5. The van der Waals surface area contributed by atoms with Gasteiger partial charge in [-0.15, -0.1) is 0 Å². The SMILES string of the molecule is C=C(COCCP(=O)(OC)OC)C(=O)O.C=C(COCCP(=O)(OC)OC)C(=O)OCC.CCC.O. The molecule has 0 rings (SSSR count). The second-order valence-electron chi connectivity index (χ2n) is 6.44. The summed E-state index contributed by atoms with van der Waals surface area (Å²) in [6.07, 6.45) is 1.45. The van der Waals surface area contributed by atoms with Gasteiger partial charge in [0, 0.05) is 28.4 Å². The molecule has 0 saturated heterocycles. The fraction of sp³-hybridized carbons (Fsp3) is 0.714. The molecule has 13 nitrogen and oxygen atoms in total. The maximum absolute atomic E-state index is 11.6.